The summed E-state index contributed by atoms with van der Waals surface area (Å²) in [5, 5.41) is 3.54. The number of nitrogens with zero attached hydrogens (tertiary/aromatic N) is 2. The molecule has 1 aliphatic rings. The van der Waals surface area contributed by atoms with Gasteiger partial charge in [0.15, 0.2) is 0 Å². The third kappa shape index (κ3) is 2.53. The summed E-state index contributed by atoms with van der Waals surface area (Å²) >= 11 is 0. The van der Waals surface area contributed by atoms with Crippen LogP contribution < -0.4 is 5.32 Å². The van der Waals surface area contributed by atoms with Crippen LogP contribution >= 0.6 is 0 Å². The Bertz CT molecular complexity index is 273. The van der Waals surface area contributed by atoms with Crippen LogP contribution in [0.2, 0.25) is 0 Å². The Hall–Kier alpha value is -0.930. The fourth-order valence-electron chi connectivity index (χ4n) is 1.93. The third-order valence-electron chi connectivity index (χ3n) is 2.69. The van der Waals surface area contributed by atoms with Gasteiger partial charge in [-0.15, -0.1) is 0 Å². The predicted octanol–water partition coefficient (Wildman–Crippen LogP) is 0.528. The molecule has 0 saturated carbocycles. The first-order valence-electron chi connectivity index (χ1n) is 5.15. The molecule has 1 aliphatic heterocycles. The molecule has 1 N–H and O–H groups in total. The summed E-state index contributed by atoms with van der Waals surface area (Å²) in [5.41, 5.74) is 1.37. The topological polar surface area (TPSA) is 28.2 Å². The Morgan fingerprint density at radius 3 is 3.00 bits per heavy atom. The van der Waals surface area contributed by atoms with Crippen molar-refractivity contribution in [2.45, 2.75) is 12.5 Å². The third-order valence-corrected chi connectivity index (χ3v) is 2.69. The van der Waals surface area contributed by atoms with E-state index in [1.165, 1.54) is 5.56 Å². The minimum absolute atomic E-state index is 0.594. The lowest BCUT2D eigenvalue weighted by atomic mass is 10.1. The number of pyridine rings is 1. The van der Waals surface area contributed by atoms with Crippen molar-refractivity contribution in [1.29, 1.82) is 0 Å². The van der Waals surface area contributed by atoms with E-state index in [2.05, 4.69) is 34.4 Å². The maximum Gasteiger partial charge on any atom is 0.0270 e. The molecule has 1 aromatic heterocycles. The number of hydrogen-bond acceptors (Lipinski definition) is 3. The minimum Gasteiger partial charge on any atom is -0.311 e. The van der Waals surface area contributed by atoms with Crippen molar-refractivity contribution in [1.82, 2.24) is 15.2 Å². The lowest BCUT2D eigenvalue weighted by molar-refractivity contribution is 0.238. The van der Waals surface area contributed by atoms with Gasteiger partial charge in [0.2, 0.25) is 0 Å². The normalized spacial score (nSPS) is 23.6. The molecule has 0 aromatic carbocycles. The molecular formula is C11H17N3. The fraction of sp³-hybridized carbons (Fsp3) is 0.545. The van der Waals surface area contributed by atoms with Gasteiger partial charge in [-0.05, 0) is 31.2 Å². The number of rotatable bonds is 2. The second-order valence-electron chi connectivity index (χ2n) is 3.97. The number of nitrogens with one attached hydrogen (secondary N) is 1. The number of aromatic nitrogens is 1. The first-order chi connectivity index (χ1) is 6.84. The quantitative estimate of drug-likeness (QED) is 0.739. The average molecular weight is 191 g/mol. The summed E-state index contributed by atoms with van der Waals surface area (Å²) in [6, 6.07) is 4.78. The summed E-state index contributed by atoms with van der Waals surface area (Å²) in [7, 11) is 2.18. The van der Waals surface area contributed by atoms with Crippen LogP contribution in [-0.2, 0) is 6.42 Å². The van der Waals surface area contributed by atoms with Gasteiger partial charge in [-0.1, -0.05) is 0 Å². The van der Waals surface area contributed by atoms with E-state index in [1.54, 1.807) is 0 Å². The lowest BCUT2D eigenvalue weighted by Crippen LogP contribution is -2.49. The molecule has 0 spiro atoms. The van der Waals surface area contributed by atoms with E-state index in [-0.39, 0.29) is 0 Å². The van der Waals surface area contributed by atoms with E-state index in [9.17, 15) is 0 Å². The zero-order valence-electron chi connectivity index (χ0n) is 8.61. The van der Waals surface area contributed by atoms with Gasteiger partial charge in [-0.2, -0.15) is 0 Å². The highest BCUT2D eigenvalue weighted by Gasteiger charge is 2.16. The summed E-state index contributed by atoms with van der Waals surface area (Å²) in [6.45, 7) is 3.40. The van der Waals surface area contributed by atoms with Crippen LogP contribution in [0.4, 0.5) is 0 Å². The standard InChI is InChI=1S/C11H17N3/c1-14-7-6-13-11(9-14)8-10-2-4-12-5-3-10/h2-5,11,13H,6-9H2,1H3. The van der Waals surface area contributed by atoms with Gasteiger partial charge in [0, 0.05) is 38.1 Å². The highest BCUT2D eigenvalue weighted by molar-refractivity contribution is 5.11. The average Bonchev–Trinajstić information content (AvgIpc) is 2.19. The molecule has 14 heavy (non-hydrogen) atoms. The Morgan fingerprint density at radius 1 is 1.50 bits per heavy atom. The molecule has 0 aliphatic carbocycles. The molecule has 1 atom stereocenters. The molecule has 1 fully saturated rings. The second-order valence-corrected chi connectivity index (χ2v) is 3.97. The second kappa shape index (κ2) is 4.53. The van der Waals surface area contributed by atoms with Crippen molar-refractivity contribution < 1.29 is 0 Å². The first-order valence-corrected chi connectivity index (χ1v) is 5.15. The van der Waals surface area contributed by atoms with E-state index in [0.717, 1.165) is 26.1 Å². The Balaban J connectivity index is 1.91. The number of likely N-dealkylation sites (N-methyl/N-ethyl adjacent to an activating group) is 1. The molecule has 2 heterocycles. The zero-order chi connectivity index (χ0) is 9.80. The van der Waals surface area contributed by atoms with Crippen LogP contribution in [0.3, 0.4) is 0 Å². The monoisotopic (exact) mass is 191 g/mol. The molecular weight excluding hydrogens is 174 g/mol. The highest BCUT2D eigenvalue weighted by atomic mass is 15.2. The van der Waals surface area contributed by atoms with Crippen molar-refractivity contribution in [2.75, 3.05) is 26.7 Å². The van der Waals surface area contributed by atoms with Gasteiger partial charge in [0.1, 0.15) is 0 Å². The van der Waals surface area contributed by atoms with Gasteiger partial charge >= 0.3 is 0 Å². The lowest BCUT2D eigenvalue weighted by Gasteiger charge is -2.30. The van der Waals surface area contributed by atoms with Gasteiger partial charge in [0.05, 0.1) is 0 Å². The Labute approximate surface area is 85.1 Å². The van der Waals surface area contributed by atoms with E-state index < -0.39 is 0 Å². The number of piperazine rings is 1. The molecule has 1 unspecified atom stereocenters. The maximum atomic E-state index is 4.02. The SMILES string of the molecule is CN1CCNC(Cc2ccncc2)C1. The van der Waals surface area contributed by atoms with Crippen LogP contribution in [0, 0.1) is 0 Å². The molecule has 2 rings (SSSR count). The molecule has 3 heteroatoms. The van der Waals surface area contributed by atoms with Gasteiger partial charge in [-0.25, -0.2) is 0 Å². The van der Waals surface area contributed by atoms with Crippen molar-refractivity contribution >= 4 is 0 Å². The molecule has 0 bridgehead atoms. The Morgan fingerprint density at radius 2 is 2.29 bits per heavy atom. The van der Waals surface area contributed by atoms with Gasteiger partial charge < -0.3 is 10.2 Å². The van der Waals surface area contributed by atoms with E-state index in [1.807, 2.05) is 12.4 Å². The van der Waals surface area contributed by atoms with Crippen LogP contribution in [0.25, 0.3) is 0 Å². The van der Waals surface area contributed by atoms with Crippen LogP contribution in [0.1, 0.15) is 5.56 Å². The fourth-order valence-corrected chi connectivity index (χ4v) is 1.93. The van der Waals surface area contributed by atoms with Crippen LogP contribution in [-0.4, -0.2) is 42.6 Å². The van der Waals surface area contributed by atoms with Crippen molar-refractivity contribution in [3.8, 4) is 0 Å². The maximum absolute atomic E-state index is 4.02. The molecule has 76 valence electrons. The Kier molecular flexibility index (Phi) is 3.11. The van der Waals surface area contributed by atoms with Crippen LogP contribution in [0.15, 0.2) is 24.5 Å². The zero-order valence-corrected chi connectivity index (χ0v) is 8.61. The summed E-state index contributed by atoms with van der Waals surface area (Å²) in [5.74, 6) is 0. The molecule has 1 aromatic rings. The van der Waals surface area contributed by atoms with Crippen molar-refractivity contribution in [2.24, 2.45) is 0 Å². The van der Waals surface area contributed by atoms with Crippen molar-refractivity contribution in [3.05, 3.63) is 30.1 Å². The van der Waals surface area contributed by atoms with Crippen LogP contribution in [0.5, 0.6) is 0 Å². The summed E-state index contributed by atoms with van der Waals surface area (Å²) in [6.07, 6.45) is 4.83. The van der Waals surface area contributed by atoms with E-state index >= 15 is 0 Å². The highest BCUT2D eigenvalue weighted by Crippen LogP contribution is 2.05. The summed E-state index contributed by atoms with van der Waals surface area (Å²) in [4.78, 5) is 6.40. The minimum atomic E-state index is 0.594. The van der Waals surface area contributed by atoms with E-state index in [0.29, 0.717) is 6.04 Å². The summed E-state index contributed by atoms with van der Waals surface area (Å²) < 4.78 is 0. The molecule has 1 saturated heterocycles. The van der Waals surface area contributed by atoms with Gasteiger partial charge in [-0.3, -0.25) is 4.98 Å². The van der Waals surface area contributed by atoms with E-state index in [4.69, 9.17) is 0 Å². The number of hydrogen-bond donors (Lipinski definition) is 1. The predicted molar refractivity (Wildman–Crippen MR) is 57.2 cm³/mol. The first kappa shape index (κ1) is 9.62. The largest absolute Gasteiger partial charge is 0.311 e. The molecule has 0 amide bonds. The van der Waals surface area contributed by atoms with Gasteiger partial charge in [0.25, 0.3) is 0 Å². The smallest absolute Gasteiger partial charge is 0.0270 e. The molecule has 3 nitrogen and oxygen atoms in total. The van der Waals surface area contributed by atoms with Crippen molar-refractivity contribution in [3.63, 3.8) is 0 Å². The molecule has 0 radical (unpaired) electrons.